The van der Waals surface area contributed by atoms with Crippen LogP contribution in [0, 0.1) is 10.1 Å². The molecule has 0 atom stereocenters. The van der Waals surface area contributed by atoms with E-state index in [2.05, 4.69) is 10.1 Å². The van der Waals surface area contributed by atoms with Crippen LogP contribution < -0.4 is 0 Å². The third-order valence-corrected chi connectivity index (χ3v) is 3.81. The second kappa shape index (κ2) is 5.43. The number of nitro groups is 1. The van der Waals surface area contributed by atoms with Gasteiger partial charge in [0.1, 0.15) is 6.61 Å². The number of aliphatic hydroxyl groups is 1. The normalized spacial score (nSPS) is 11.5. The van der Waals surface area contributed by atoms with Crippen LogP contribution in [0.1, 0.15) is 10.7 Å². The van der Waals surface area contributed by atoms with E-state index in [0.717, 1.165) is 22.4 Å². The van der Waals surface area contributed by atoms with Crippen LogP contribution in [0.15, 0.2) is 41.5 Å². The standard InChI is InChI=1S/C13H10N4O3S/c18-8-12-15-10-3-1-2-4-11(10)16(12)14-7-9-5-6-13(21-9)17(19)20/h1-7,18H,8H2/b14-7-. The molecule has 0 spiro atoms. The van der Waals surface area contributed by atoms with Crippen molar-refractivity contribution in [3.8, 4) is 0 Å². The summed E-state index contributed by atoms with van der Waals surface area (Å²) in [5.41, 5.74) is 1.50. The molecule has 1 N–H and O–H groups in total. The van der Waals surface area contributed by atoms with Gasteiger partial charge in [-0.25, -0.2) is 9.66 Å². The minimum absolute atomic E-state index is 0.0642. The van der Waals surface area contributed by atoms with E-state index in [9.17, 15) is 15.2 Å². The van der Waals surface area contributed by atoms with Crippen LogP contribution >= 0.6 is 11.3 Å². The lowest BCUT2D eigenvalue weighted by atomic mass is 10.3. The van der Waals surface area contributed by atoms with Gasteiger partial charge in [-0.15, -0.1) is 0 Å². The molecule has 0 fully saturated rings. The smallest absolute Gasteiger partial charge is 0.324 e. The molecule has 0 aliphatic heterocycles. The Morgan fingerprint density at radius 1 is 1.38 bits per heavy atom. The van der Waals surface area contributed by atoms with Crippen LogP contribution in [0.3, 0.4) is 0 Å². The first-order valence-corrected chi connectivity index (χ1v) is 6.86. The quantitative estimate of drug-likeness (QED) is 0.455. The van der Waals surface area contributed by atoms with E-state index in [1.807, 2.05) is 24.3 Å². The minimum Gasteiger partial charge on any atom is -0.388 e. The number of para-hydroxylation sites is 2. The van der Waals surface area contributed by atoms with Crippen LogP contribution in [0.2, 0.25) is 0 Å². The highest BCUT2D eigenvalue weighted by Gasteiger charge is 2.10. The van der Waals surface area contributed by atoms with Gasteiger partial charge in [0.05, 0.1) is 27.0 Å². The molecule has 0 radical (unpaired) electrons. The highest BCUT2D eigenvalue weighted by molar-refractivity contribution is 7.16. The summed E-state index contributed by atoms with van der Waals surface area (Å²) in [6.45, 7) is -0.239. The largest absolute Gasteiger partial charge is 0.388 e. The number of benzene rings is 1. The molecule has 2 heterocycles. The third-order valence-electron chi connectivity index (χ3n) is 2.84. The minimum atomic E-state index is -0.437. The number of hydrogen-bond acceptors (Lipinski definition) is 6. The van der Waals surface area contributed by atoms with E-state index in [0.29, 0.717) is 10.7 Å². The molecule has 7 nitrogen and oxygen atoms in total. The Hall–Kier alpha value is -2.58. The molecule has 0 amide bonds. The summed E-state index contributed by atoms with van der Waals surface area (Å²) in [6, 6.07) is 10.4. The Kier molecular flexibility index (Phi) is 3.46. The summed E-state index contributed by atoms with van der Waals surface area (Å²) < 4.78 is 1.53. The Morgan fingerprint density at radius 2 is 2.19 bits per heavy atom. The van der Waals surface area contributed by atoms with Gasteiger partial charge in [-0.3, -0.25) is 10.1 Å². The fourth-order valence-corrected chi connectivity index (χ4v) is 2.61. The predicted molar refractivity (Wildman–Crippen MR) is 79.6 cm³/mol. The van der Waals surface area contributed by atoms with Gasteiger partial charge >= 0.3 is 5.00 Å². The summed E-state index contributed by atoms with van der Waals surface area (Å²) in [5, 5.41) is 24.3. The number of aliphatic hydroxyl groups excluding tert-OH is 1. The fraction of sp³-hybridized carbons (Fsp3) is 0.0769. The van der Waals surface area contributed by atoms with E-state index in [-0.39, 0.29) is 11.6 Å². The monoisotopic (exact) mass is 302 g/mol. The van der Waals surface area contributed by atoms with Crippen LogP contribution in [0.4, 0.5) is 5.00 Å². The molecule has 0 bridgehead atoms. The van der Waals surface area contributed by atoms with E-state index in [1.165, 1.54) is 17.0 Å². The van der Waals surface area contributed by atoms with Crippen molar-refractivity contribution >= 4 is 33.6 Å². The van der Waals surface area contributed by atoms with Crippen molar-refractivity contribution in [3.63, 3.8) is 0 Å². The number of imidazole rings is 1. The summed E-state index contributed by atoms with van der Waals surface area (Å²) in [6.07, 6.45) is 1.52. The van der Waals surface area contributed by atoms with Crippen molar-refractivity contribution in [1.82, 2.24) is 9.66 Å². The van der Waals surface area contributed by atoms with Gasteiger partial charge in [0.2, 0.25) is 0 Å². The Balaban J connectivity index is 1.99. The molecule has 0 aliphatic rings. The summed E-state index contributed by atoms with van der Waals surface area (Å²) in [7, 11) is 0. The number of hydrogen-bond donors (Lipinski definition) is 1. The number of fused-ring (bicyclic) bond motifs is 1. The third kappa shape index (κ3) is 2.54. The van der Waals surface area contributed by atoms with Gasteiger partial charge in [0.25, 0.3) is 0 Å². The fourth-order valence-electron chi connectivity index (χ4n) is 1.92. The van der Waals surface area contributed by atoms with Crippen LogP contribution in [0.5, 0.6) is 0 Å². The molecule has 2 aromatic heterocycles. The first kappa shape index (κ1) is 13.4. The molecule has 3 aromatic rings. The Morgan fingerprint density at radius 3 is 2.90 bits per heavy atom. The molecule has 0 aliphatic carbocycles. The number of thiophene rings is 1. The first-order valence-electron chi connectivity index (χ1n) is 6.05. The van der Waals surface area contributed by atoms with E-state index >= 15 is 0 Å². The topological polar surface area (TPSA) is 93.5 Å². The Labute approximate surface area is 122 Å². The van der Waals surface area contributed by atoms with Crippen LogP contribution in [-0.4, -0.2) is 25.9 Å². The van der Waals surface area contributed by atoms with Gasteiger partial charge < -0.3 is 5.11 Å². The molecule has 0 unspecified atom stereocenters. The van der Waals surface area contributed by atoms with Crippen LogP contribution in [-0.2, 0) is 6.61 Å². The van der Waals surface area contributed by atoms with E-state index < -0.39 is 4.92 Å². The maximum Gasteiger partial charge on any atom is 0.324 e. The maximum atomic E-state index is 10.6. The van der Waals surface area contributed by atoms with E-state index in [4.69, 9.17) is 0 Å². The van der Waals surface area contributed by atoms with E-state index in [1.54, 1.807) is 6.07 Å². The number of rotatable bonds is 4. The van der Waals surface area contributed by atoms with Crippen molar-refractivity contribution in [2.45, 2.75) is 6.61 Å². The zero-order valence-corrected chi connectivity index (χ0v) is 11.5. The zero-order chi connectivity index (χ0) is 14.8. The van der Waals surface area contributed by atoms with Gasteiger partial charge in [-0.05, 0) is 18.2 Å². The second-order valence-electron chi connectivity index (χ2n) is 4.16. The van der Waals surface area contributed by atoms with Crippen molar-refractivity contribution in [2.75, 3.05) is 0 Å². The van der Waals surface area contributed by atoms with Gasteiger partial charge in [0.15, 0.2) is 5.82 Å². The SMILES string of the molecule is O=[N+]([O-])c1ccc(/C=N\n2c(CO)nc3ccccc32)s1. The number of aromatic nitrogens is 2. The molecule has 0 saturated heterocycles. The first-order chi connectivity index (χ1) is 10.2. The van der Waals surface area contributed by atoms with Gasteiger partial charge in [-0.2, -0.15) is 5.10 Å². The molecule has 3 rings (SSSR count). The lowest BCUT2D eigenvalue weighted by Crippen LogP contribution is -1.97. The molecule has 0 saturated carbocycles. The lowest BCUT2D eigenvalue weighted by Gasteiger charge is -1.98. The van der Waals surface area contributed by atoms with Crippen molar-refractivity contribution in [3.05, 3.63) is 57.2 Å². The van der Waals surface area contributed by atoms with Gasteiger partial charge in [-0.1, -0.05) is 23.5 Å². The molecular formula is C13H10N4O3S. The highest BCUT2D eigenvalue weighted by Crippen LogP contribution is 2.23. The lowest BCUT2D eigenvalue weighted by molar-refractivity contribution is -0.380. The molecule has 106 valence electrons. The predicted octanol–water partition coefficient (Wildman–Crippen LogP) is 2.38. The summed E-state index contributed by atoms with van der Waals surface area (Å²) in [5.74, 6) is 0.415. The van der Waals surface area contributed by atoms with Crippen molar-refractivity contribution in [2.24, 2.45) is 5.10 Å². The molecule has 1 aromatic carbocycles. The molecule has 21 heavy (non-hydrogen) atoms. The summed E-state index contributed by atoms with van der Waals surface area (Å²) >= 11 is 1.04. The van der Waals surface area contributed by atoms with Crippen molar-refractivity contribution in [1.29, 1.82) is 0 Å². The Bertz CT molecular complexity index is 837. The molecule has 8 heteroatoms. The summed E-state index contributed by atoms with van der Waals surface area (Å²) in [4.78, 5) is 15.1. The second-order valence-corrected chi connectivity index (χ2v) is 5.26. The highest BCUT2D eigenvalue weighted by atomic mass is 32.1. The average Bonchev–Trinajstić information content (AvgIpc) is 3.09. The van der Waals surface area contributed by atoms with Gasteiger partial charge in [0, 0.05) is 6.07 Å². The van der Waals surface area contributed by atoms with Crippen molar-refractivity contribution < 1.29 is 10.0 Å². The zero-order valence-electron chi connectivity index (χ0n) is 10.7. The number of nitrogens with zero attached hydrogens (tertiary/aromatic N) is 4. The molecular weight excluding hydrogens is 292 g/mol. The van der Waals surface area contributed by atoms with Crippen LogP contribution in [0.25, 0.3) is 11.0 Å². The average molecular weight is 302 g/mol. The maximum absolute atomic E-state index is 10.6.